The zero-order valence-electron chi connectivity index (χ0n) is 23.2. The molecule has 0 aliphatic carbocycles. The molecule has 210 valence electrons. The van der Waals surface area contributed by atoms with Crippen molar-refractivity contribution in [1.82, 2.24) is 15.5 Å². The largest absolute Gasteiger partial charge is 0.497 e. The number of nitrogens with zero attached hydrogens (tertiary/aromatic N) is 4. The van der Waals surface area contributed by atoms with E-state index in [0.717, 1.165) is 5.56 Å². The first-order valence-electron chi connectivity index (χ1n) is 12.1. The maximum absolute atomic E-state index is 12.6. The number of urea groups is 1. The molecule has 2 heterocycles. The summed E-state index contributed by atoms with van der Waals surface area (Å²) in [4.78, 5) is 50.8. The minimum Gasteiger partial charge on any atom is -0.497 e. The fourth-order valence-electron chi connectivity index (χ4n) is 3.54. The molecule has 4 amide bonds. The molecule has 2 aromatic rings. The van der Waals surface area contributed by atoms with E-state index in [1.807, 2.05) is 0 Å². The highest BCUT2D eigenvalue weighted by Crippen LogP contribution is 2.26. The topological polar surface area (TPSA) is 150 Å². The smallest absolute Gasteiger partial charge is 0.321 e. The second-order valence-corrected chi connectivity index (χ2v) is 8.18. The molecule has 0 spiro atoms. The Balaban J connectivity index is 0.00000178. The van der Waals surface area contributed by atoms with Crippen LogP contribution in [0.2, 0.25) is 0 Å². The van der Waals surface area contributed by atoms with E-state index in [-0.39, 0.29) is 25.5 Å². The molecular formula is C28H33N7O5. The van der Waals surface area contributed by atoms with E-state index >= 15 is 0 Å². The highest BCUT2D eigenvalue weighted by atomic mass is 16.5. The van der Waals surface area contributed by atoms with Crippen LogP contribution in [0.1, 0.15) is 34.4 Å². The molecule has 1 aromatic heterocycles. The Morgan fingerprint density at radius 3 is 2.65 bits per heavy atom. The van der Waals surface area contributed by atoms with Gasteiger partial charge in [-0.25, -0.2) is 9.79 Å². The molecule has 3 N–H and O–H groups in total. The van der Waals surface area contributed by atoms with Crippen LogP contribution in [-0.2, 0) is 17.9 Å². The summed E-state index contributed by atoms with van der Waals surface area (Å²) in [5.74, 6) is 3.76. The van der Waals surface area contributed by atoms with Gasteiger partial charge in [0.1, 0.15) is 29.7 Å². The quantitative estimate of drug-likeness (QED) is 0.263. The van der Waals surface area contributed by atoms with Gasteiger partial charge in [0.15, 0.2) is 5.84 Å². The Hall–Kier alpha value is -5.18. The lowest BCUT2D eigenvalue weighted by Crippen LogP contribution is -2.44. The van der Waals surface area contributed by atoms with Crippen LogP contribution >= 0.6 is 0 Å². The van der Waals surface area contributed by atoms with E-state index in [0.29, 0.717) is 40.2 Å². The summed E-state index contributed by atoms with van der Waals surface area (Å²) >= 11 is 0. The summed E-state index contributed by atoms with van der Waals surface area (Å²) in [6, 6.07) is 6.15. The third-order valence-corrected chi connectivity index (χ3v) is 5.34. The van der Waals surface area contributed by atoms with E-state index in [1.165, 1.54) is 24.3 Å². The predicted molar refractivity (Wildman–Crippen MR) is 155 cm³/mol. The number of imide groups is 1. The molecule has 0 unspecified atom stereocenters. The van der Waals surface area contributed by atoms with Crippen molar-refractivity contribution in [2.75, 3.05) is 33.1 Å². The molecular weight excluding hydrogens is 514 g/mol. The highest BCUT2D eigenvalue weighted by molar-refractivity contribution is 6.33. The molecule has 0 saturated carbocycles. The van der Waals surface area contributed by atoms with E-state index in [4.69, 9.17) is 9.15 Å². The third-order valence-electron chi connectivity index (χ3n) is 5.34. The van der Waals surface area contributed by atoms with Crippen LogP contribution in [0.3, 0.4) is 0 Å². The van der Waals surface area contributed by atoms with Crippen molar-refractivity contribution in [3.8, 4) is 18.1 Å². The van der Waals surface area contributed by atoms with E-state index in [2.05, 4.69) is 49.9 Å². The Bertz CT molecular complexity index is 1380. The molecule has 3 rings (SSSR count). The summed E-state index contributed by atoms with van der Waals surface area (Å²) in [5, 5.41) is 7.88. The minimum absolute atomic E-state index is 0.0280. The third kappa shape index (κ3) is 8.70. The number of hydrogen-bond acceptors (Lipinski definition) is 7. The summed E-state index contributed by atoms with van der Waals surface area (Å²) in [5.41, 5.74) is 1.90. The first kappa shape index (κ1) is 31.0. The number of terminal acetylenes is 1. The van der Waals surface area contributed by atoms with Gasteiger partial charge in [0, 0.05) is 32.3 Å². The molecule has 12 nitrogen and oxygen atoms in total. The maximum Gasteiger partial charge on any atom is 0.321 e. The zero-order valence-corrected chi connectivity index (χ0v) is 23.2. The van der Waals surface area contributed by atoms with Gasteiger partial charge in [-0.1, -0.05) is 12.6 Å². The van der Waals surface area contributed by atoms with Crippen molar-refractivity contribution in [2.45, 2.75) is 26.9 Å². The number of aliphatic imine (C=N–C) groups is 3. The van der Waals surface area contributed by atoms with Gasteiger partial charge in [0.25, 0.3) is 5.91 Å². The number of aryl methyl sites for hydroxylation is 1. The number of amidine groups is 2. The number of carbonyl (C=O) groups excluding carboxylic acids is 3. The Morgan fingerprint density at radius 2 is 2.02 bits per heavy atom. The number of amides is 4. The molecule has 0 atom stereocenters. The van der Waals surface area contributed by atoms with Crippen LogP contribution in [0.5, 0.6) is 5.75 Å². The van der Waals surface area contributed by atoms with Gasteiger partial charge in [-0.2, -0.15) is 0 Å². The molecule has 0 saturated heterocycles. The predicted octanol–water partition coefficient (Wildman–Crippen LogP) is 2.94. The number of benzene rings is 1. The molecule has 1 aliphatic rings. The monoisotopic (exact) mass is 547 g/mol. The summed E-state index contributed by atoms with van der Waals surface area (Å²) in [6.45, 7) is 7.19. The van der Waals surface area contributed by atoms with Gasteiger partial charge in [-0.05, 0) is 37.6 Å². The maximum atomic E-state index is 12.6. The summed E-state index contributed by atoms with van der Waals surface area (Å²) < 4.78 is 10.8. The van der Waals surface area contributed by atoms with Crippen LogP contribution in [0.15, 0.2) is 56.3 Å². The van der Waals surface area contributed by atoms with E-state index in [1.54, 1.807) is 52.2 Å². The van der Waals surface area contributed by atoms with Gasteiger partial charge in [-0.3, -0.25) is 24.9 Å². The molecule has 0 bridgehead atoms. The standard InChI is InChI=1S/C25H29N7O5.C3H4/c1-6-21(30-22(27-4)12-26-3)29-20-10-18(37-15(20)2)11-28-25(35)31-23(33)14-32-13-16-7-8-17(36-5)9-19(16)24(32)34;1-3-2/h6-10,12H,1,11,13-14H2,2-5H3,(H,27,29,30)(H2,28,31,33,35);1H,2H3. The van der Waals surface area contributed by atoms with Gasteiger partial charge in [0.2, 0.25) is 5.91 Å². The minimum atomic E-state index is -0.713. The Morgan fingerprint density at radius 1 is 1.30 bits per heavy atom. The Kier molecular flexibility index (Phi) is 11.9. The molecule has 0 fully saturated rings. The van der Waals surface area contributed by atoms with Crippen LogP contribution < -0.4 is 20.7 Å². The number of hydrogen-bond donors (Lipinski definition) is 3. The second-order valence-electron chi connectivity index (χ2n) is 8.18. The number of rotatable bonds is 8. The SMILES string of the molecule is C#CC.C=CC(=NC(C=NC)=NC)Nc1cc(CNC(=O)NC(=O)CN2Cc3ccc(OC)cc3C2=O)oc1C. The van der Waals surface area contributed by atoms with Crippen molar-refractivity contribution in [1.29, 1.82) is 0 Å². The number of methoxy groups -OCH3 is 1. The molecule has 1 aliphatic heterocycles. The molecule has 0 radical (unpaired) electrons. The van der Waals surface area contributed by atoms with Crippen LogP contribution in [0.25, 0.3) is 0 Å². The first-order chi connectivity index (χ1) is 19.2. The number of anilines is 1. The number of carbonyl (C=O) groups is 3. The average molecular weight is 548 g/mol. The number of furan rings is 1. The lowest BCUT2D eigenvalue weighted by Gasteiger charge is -2.14. The number of nitrogens with one attached hydrogen (secondary N) is 3. The second kappa shape index (κ2) is 15.3. The molecule has 1 aromatic carbocycles. The van der Waals surface area contributed by atoms with Gasteiger partial charge >= 0.3 is 6.03 Å². The normalized spacial score (nSPS) is 12.7. The van der Waals surface area contributed by atoms with E-state index in [9.17, 15) is 14.4 Å². The first-order valence-corrected chi connectivity index (χ1v) is 12.1. The zero-order chi connectivity index (χ0) is 29.7. The van der Waals surface area contributed by atoms with Crippen molar-refractivity contribution in [3.63, 3.8) is 0 Å². The van der Waals surface area contributed by atoms with Crippen LogP contribution in [0, 0.1) is 19.3 Å². The fraction of sp³-hybridized carbons (Fsp3) is 0.286. The Labute approximate surface area is 233 Å². The fourth-order valence-corrected chi connectivity index (χ4v) is 3.54. The lowest BCUT2D eigenvalue weighted by molar-refractivity contribution is -0.120. The summed E-state index contributed by atoms with van der Waals surface area (Å²) in [6.07, 6.45) is 7.64. The molecule has 40 heavy (non-hydrogen) atoms. The van der Waals surface area contributed by atoms with E-state index < -0.39 is 11.9 Å². The van der Waals surface area contributed by atoms with Gasteiger partial charge in [-0.15, -0.1) is 12.3 Å². The average Bonchev–Trinajstić information content (AvgIpc) is 3.44. The van der Waals surface area contributed by atoms with Crippen molar-refractivity contribution >= 4 is 41.4 Å². The van der Waals surface area contributed by atoms with Crippen LogP contribution in [-0.4, -0.2) is 68.4 Å². The highest BCUT2D eigenvalue weighted by Gasteiger charge is 2.29. The lowest BCUT2D eigenvalue weighted by atomic mass is 10.1. The van der Waals surface area contributed by atoms with Crippen molar-refractivity contribution in [3.05, 3.63) is 59.6 Å². The van der Waals surface area contributed by atoms with Gasteiger partial charge in [0.05, 0.1) is 25.6 Å². The van der Waals surface area contributed by atoms with Crippen LogP contribution in [0.4, 0.5) is 10.5 Å². The van der Waals surface area contributed by atoms with Crippen molar-refractivity contribution in [2.24, 2.45) is 15.0 Å². The summed E-state index contributed by atoms with van der Waals surface area (Å²) in [7, 11) is 4.73. The number of fused-ring (bicyclic) bond motifs is 1. The van der Waals surface area contributed by atoms with Gasteiger partial charge < -0.3 is 24.7 Å². The molecule has 12 heteroatoms. The van der Waals surface area contributed by atoms with Crippen molar-refractivity contribution < 1.29 is 23.5 Å². The number of ether oxygens (including phenoxy) is 1.